The Balaban J connectivity index is 1.88. The fourth-order valence-corrected chi connectivity index (χ4v) is 4.43. The molecule has 2 aromatic carbocycles. The molecule has 1 amide bonds. The van der Waals surface area contributed by atoms with Gasteiger partial charge < -0.3 is 15.7 Å². The third-order valence-electron chi connectivity index (χ3n) is 6.14. The molecule has 0 spiro atoms. The predicted molar refractivity (Wildman–Crippen MR) is 112 cm³/mol. The van der Waals surface area contributed by atoms with Gasteiger partial charge in [-0.2, -0.15) is 13.2 Å². The number of alkyl halides is 3. The number of hydrogen-bond acceptors (Lipinski definition) is 3. The summed E-state index contributed by atoms with van der Waals surface area (Å²) in [6, 6.07) is 9.08. The van der Waals surface area contributed by atoms with Crippen molar-refractivity contribution in [1.29, 1.82) is 0 Å². The number of rotatable bonds is 5. The summed E-state index contributed by atoms with van der Waals surface area (Å²) in [5, 5.41) is 15.3. The lowest BCUT2D eigenvalue weighted by atomic mass is 9.64. The summed E-state index contributed by atoms with van der Waals surface area (Å²) in [5.74, 6) is -5.87. The van der Waals surface area contributed by atoms with Gasteiger partial charge in [-0.1, -0.05) is 19.1 Å². The van der Waals surface area contributed by atoms with Gasteiger partial charge in [0.25, 0.3) is 0 Å². The second-order valence-corrected chi connectivity index (χ2v) is 8.10. The van der Waals surface area contributed by atoms with Crippen molar-refractivity contribution in [3.8, 4) is 0 Å². The number of amides is 1. The molecular formula is C23H24F4N2O3. The van der Waals surface area contributed by atoms with Crippen LogP contribution in [0.25, 0.3) is 0 Å². The first-order chi connectivity index (χ1) is 15.0. The zero-order valence-corrected chi connectivity index (χ0v) is 17.5. The maximum Gasteiger partial charge on any atom is 0.416 e. The zero-order chi connectivity index (χ0) is 23.6. The smallest absolute Gasteiger partial charge is 0.416 e. The number of aliphatic carboxylic acids is 1. The summed E-state index contributed by atoms with van der Waals surface area (Å²) in [4.78, 5) is 25.2. The van der Waals surface area contributed by atoms with Gasteiger partial charge in [-0.3, -0.25) is 9.59 Å². The van der Waals surface area contributed by atoms with Crippen LogP contribution in [0.2, 0.25) is 0 Å². The maximum absolute atomic E-state index is 14.2. The van der Waals surface area contributed by atoms with E-state index < -0.39 is 52.9 Å². The van der Waals surface area contributed by atoms with Gasteiger partial charge in [0.15, 0.2) is 0 Å². The highest BCUT2D eigenvalue weighted by molar-refractivity contribution is 5.95. The van der Waals surface area contributed by atoms with Gasteiger partial charge >= 0.3 is 12.1 Å². The molecule has 1 aliphatic carbocycles. The molecule has 0 saturated heterocycles. The van der Waals surface area contributed by atoms with Gasteiger partial charge in [-0.25, -0.2) is 4.39 Å². The van der Waals surface area contributed by atoms with Crippen LogP contribution in [0, 0.1) is 23.6 Å². The summed E-state index contributed by atoms with van der Waals surface area (Å²) < 4.78 is 52.6. The van der Waals surface area contributed by atoms with E-state index in [1.807, 2.05) is 24.3 Å². The molecule has 4 atom stereocenters. The van der Waals surface area contributed by atoms with E-state index in [9.17, 15) is 32.3 Å². The van der Waals surface area contributed by atoms with Gasteiger partial charge in [0.2, 0.25) is 5.91 Å². The van der Waals surface area contributed by atoms with Crippen LogP contribution >= 0.6 is 0 Å². The van der Waals surface area contributed by atoms with Crippen molar-refractivity contribution in [3.63, 3.8) is 0 Å². The Morgan fingerprint density at radius 3 is 2.22 bits per heavy atom. The van der Waals surface area contributed by atoms with E-state index in [0.717, 1.165) is 17.3 Å². The van der Waals surface area contributed by atoms with Gasteiger partial charge in [0.1, 0.15) is 5.82 Å². The van der Waals surface area contributed by atoms with Gasteiger partial charge in [0, 0.05) is 12.7 Å². The summed E-state index contributed by atoms with van der Waals surface area (Å²) in [7, 11) is 1.76. The van der Waals surface area contributed by atoms with Crippen LogP contribution in [0.15, 0.2) is 42.5 Å². The number of nitrogens with one attached hydrogen (secondary N) is 2. The number of anilines is 2. The number of hydrogen-bond donors (Lipinski definition) is 3. The van der Waals surface area contributed by atoms with Crippen LogP contribution in [-0.2, 0) is 15.8 Å². The highest BCUT2D eigenvalue weighted by atomic mass is 19.4. The Morgan fingerprint density at radius 2 is 1.69 bits per heavy atom. The normalized spacial score (nSPS) is 23.4. The van der Waals surface area contributed by atoms with Crippen LogP contribution in [0.3, 0.4) is 0 Å². The van der Waals surface area contributed by atoms with E-state index in [1.165, 1.54) is 0 Å². The number of benzene rings is 2. The van der Waals surface area contributed by atoms with E-state index in [2.05, 4.69) is 10.6 Å². The molecule has 1 aliphatic rings. The minimum absolute atomic E-state index is 0.304. The molecule has 0 bridgehead atoms. The number of carboxylic acids is 1. The van der Waals surface area contributed by atoms with Crippen LogP contribution in [0.5, 0.6) is 0 Å². The SMILES string of the molecule is CNc1ccc([C@H]2CC[C@@H](C)[C@@H](C(=O)Nc3ccc(C(F)(F)F)cc3F)[C@@H]2C(=O)O)cc1. The first kappa shape index (κ1) is 23.6. The lowest BCUT2D eigenvalue weighted by Gasteiger charge is -2.39. The summed E-state index contributed by atoms with van der Waals surface area (Å²) in [6.45, 7) is 1.75. The lowest BCUT2D eigenvalue weighted by Crippen LogP contribution is -2.44. The first-order valence-corrected chi connectivity index (χ1v) is 10.2. The molecule has 5 nitrogen and oxygen atoms in total. The fourth-order valence-electron chi connectivity index (χ4n) is 4.43. The predicted octanol–water partition coefficient (Wildman–Crippen LogP) is 5.36. The second kappa shape index (κ2) is 9.18. The molecule has 1 saturated carbocycles. The molecule has 9 heteroatoms. The summed E-state index contributed by atoms with van der Waals surface area (Å²) in [6.07, 6.45) is -3.57. The standard InChI is InChI=1S/C23H24F4N2O3/c1-12-3-9-16(13-4-7-15(28-2)8-5-13)20(22(31)32)19(12)21(30)29-18-10-6-14(11-17(18)24)23(25,26)27/h4-8,10-12,16,19-20,28H,3,9H2,1-2H3,(H,29,30)(H,31,32)/t12-,16-,19-,20-/m1/s1. The van der Waals surface area contributed by atoms with Gasteiger partial charge in [0.05, 0.1) is 23.1 Å². The average molecular weight is 452 g/mol. The Morgan fingerprint density at radius 1 is 1.03 bits per heavy atom. The molecule has 0 radical (unpaired) electrons. The molecule has 3 rings (SSSR count). The molecule has 0 aliphatic heterocycles. The van der Waals surface area contributed by atoms with Crippen molar-refractivity contribution < 1.29 is 32.3 Å². The molecule has 3 N–H and O–H groups in total. The molecule has 0 aromatic heterocycles. The van der Waals surface area contributed by atoms with E-state index in [1.54, 1.807) is 14.0 Å². The largest absolute Gasteiger partial charge is 0.481 e. The zero-order valence-electron chi connectivity index (χ0n) is 17.5. The number of halogens is 4. The molecule has 0 heterocycles. The Hall–Kier alpha value is -3.10. The number of carboxylic acid groups (broad SMARTS) is 1. The van der Waals surface area contributed by atoms with E-state index >= 15 is 0 Å². The van der Waals surface area contributed by atoms with Crippen molar-refractivity contribution in [2.24, 2.45) is 17.8 Å². The molecular weight excluding hydrogens is 428 g/mol. The fraction of sp³-hybridized carbons (Fsp3) is 0.391. The first-order valence-electron chi connectivity index (χ1n) is 10.2. The number of carbonyl (C=O) groups is 2. The van der Waals surface area contributed by atoms with E-state index in [4.69, 9.17) is 0 Å². The molecule has 1 fully saturated rings. The van der Waals surface area contributed by atoms with Crippen molar-refractivity contribution in [2.45, 2.75) is 31.9 Å². The second-order valence-electron chi connectivity index (χ2n) is 8.10. The molecule has 2 aromatic rings. The third-order valence-corrected chi connectivity index (χ3v) is 6.14. The third kappa shape index (κ3) is 4.87. The Kier molecular flexibility index (Phi) is 6.76. The summed E-state index contributed by atoms with van der Waals surface area (Å²) >= 11 is 0. The van der Waals surface area contributed by atoms with Crippen LogP contribution in [0.1, 0.15) is 36.8 Å². The van der Waals surface area contributed by atoms with Crippen molar-refractivity contribution in [2.75, 3.05) is 17.7 Å². The lowest BCUT2D eigenvalue weighted by molar-refractivity contribution is -0.150. The van der Waals surface area contributed by atoms with E-state index in [0.29, 0.717) is 25.0 Å². The minimum Gasteiger partial charge on any atom is -0.481 e. The van der Waals surface area contributed by atoms with Gasteiger partial charge in [-0.05, 0) is 60.6 Å². The number of carbonyl (C=O) groups excluding carboxylic acids is 1. The Labute approximate surface area is 182 Å². The molecule has 32 heavy (non-hydrogen) atoms. The minimum atomic E-state index is -4.72. The van der Waals surface area contributed by atoms with Crippen LogP contribution in [-0.4, -0.2) is 24.0 Å². The van der Waals surface area contributed by atoms with Crippen LogP contribution in [0.4, 0.5) is 28.9 Å². The Bertz CT molecular complexity index is 992. The van der Waals surface area contributed by atoms with Crippen molar-refractivity contribution in [3.05, 3.63) is 59.4 Å². The highest BCUT2D eigenvalue weighted by Gasteiger charge is 2.46. The quantitative estimate of drug-likeness (QED) is 0.534. The topological polar surface area (TPSA) is 78.4 Å². The molecule has 172 valence electrons. The molecule has 0 unspecified atom stereocenters. The average Bonchev–Trinajstić information content (AvgIpc) is 2.74. The van der Waals surface area contributed by atoms with Crippen LogP contribution < -0.4 is 10.6 Å². The van der Waals surface area contributed by atoms with Crippen molar-refractivity contribution in [1.82, 2.24) is 0 Å². The maximum atomic E-state index is 14.2. The summed E-state index contributed by atoms with van der Waals surface area (Å²) in [5.41, 5.74) is 0.0473. The van der Waals surface area contributed by atoms with E-state index in [-0.39, 0.29) is 5.92 Å². The highest BCUT2D eigenvalue weighted by Crippen LogP contribution is 2.45. The van der Waals surface area contributed by atoms with Crippen molar-refractivity contribution >= 4 is 23.3 Å². The van der Waals surface area contributed by atoms with Gasteiger partial charge in [-0.15, -0.1) is 0 Å². The monoisotopic (exact) mass is 452 g/mol.